The molecule has 0 bridgehead atoms. The first kappa shape index (κ1) is 19.4. The molecule has 10 nitrogen and oxygen atoms in total. The van der Waals surface area contributed by atoms with E-state index in [1.807, 2.05) is 4.98 Å². The summed E-state index contributed by atoms with van der Waals surface area (Å²) in [5.74, 6) is 0.262. The average molecular weight is 425 g/mol. The van der Waals surface area contributed by atoms with Crippen LogP contribution in [0.4, 0.5) is 5.69 Å². The van der Waals surface area contributed by atoms with E-state index in [2.05, 4.69) is 0 Å². The van der Waals surface area contributed by atoms with Gasteiger partial charge in [-0.1, -0.05) is 23.2 Å². The Labute approximate surface area is 165 Å². The minimum absolute atomic E-state index is 0.0602. The van der Waals surface area contributed by atoms with Crippen molar-refractivity contribution in [2.75, 3.05) is 0 Å². The van der Waals surface area contributed by atoms with Crippen LogP contribution < -0.4 is 21.8 Å². The zero-order chi connectivity index (χ0) is 20.6. The quantitative estimate of drug-likeness (QED) is 0.504. The third-order valence-corrected chi connectivity index (χ3v) is 4.24. The van der Waals surface area contributed by atoms with Crippen molar-refractivity contribution in [2.24, 2.45) is 7.05 Å². The first-order chi connectivity index (χ1) is 13.2. The lowest BCUT2D eigenvalue weighted by molar-refractivity contribution is -0.384. The number of nitrogens with one attached hydrogen (secondary N) is 1. The summed E-state index contributed by atoms with van der Waals surface area (Å²) < 4.78 is 6.66. The fraction of sp³-hybridized carbons (Fsp3) is 0.0625. The lowest BCUT2D eigenvalue weighted by atomic mass is 10.2. The zero-order valence-electron chi connectivity index (χ0n) is 14.0. The lowest BCUT2D eigenvalue weighted by Gasteiger charge is -2.11. The van der Waals surface area contributed by atoms with Crippen molar-refractivity contribution in [2.45, 2.75) is 0 Å². The van der Waals surface area contributed by atoms with E-state index in [9.17, 15) is 24.5 Å². The summed E-state index contributed by atoms with van der Waals surface area (Å²) in [6, 6.07) is 7.89. The van der Waals surface area contributed by atoms with Gasteiger partial charge in [0.25, 0.3) is 5.69 Å². The third-order valence-electron chi connectivity index (χ3n) is 3.71. The predicted molar refractivity (Wildman–Crippen MR) is 101 cm³/mol. The standard InChI is InChI=1S/C16H10Cl2N4O6/c1-20-14(23)19-15(24)21(16(20)25)12-7-9(3-4-11(12)22(26)27)28-13-5-2-8(17)6-10(13)18/h2-7H,1H3,(H,19,23,24). The Morgan fingerprint density at radius 3 is 2.43 bits per heavy atom. The number of aromatic nitrogens is 3. The monoisotopic (exact) mass is 424 g/mol. The van der Waals surface area contributed by atoms with Crippen LogP contribution in [0, 0.1) is 10.1 Å². The van der Waals surface area contributed by atoms with Gasteiger partial charge >= 0.3 is 17.1 Å². The van der Waals surface area contributed by atoms with E-state index in [1.54, 1.807) is 0 Å². The normalized spacial score (nSPS) is 10.7. The van der Waals surface area contributed by atoms with Gasteiger partial charge in [0.05, 0.1) is 9.95 Å². The van der Waals surface area contributed by atoms with Gasteiger partial charge in [-0.3, -0.25) is 15.1 Å². The first-order valence-corrected chi connectivity index (χ1v) is 8.28. The van der Waals surface area contributed by atoms with E-state index in [-0.39, 0.29) is 22.2 Å². The summed E-state index contributed by atoms with van der Waals surface area (Å²) in [7, 11) is 1.12. The molecule has 1 N–H and O–H groups in total. The van der Waals surface area contributed by atoms with E-state index in [0.29, 0.717) is 14.2 Å². The third kappa shape index (κ3) is 3.55. The van der Waals surface area contributed by atoms with Crippen molar-refractivity contribution in [3.05, 3.63) is 88.0 Å². The maximum atomic E-state index is 12.4. The number of rotatable bonds is 4. The molecule has 0 unspecified atom stereocenters. The van der Waals surface area contributed by atoms with Crippen LogP contribution in [0.2, 0.25) is 10.0 Å². The number of aromatic amines is 1. The van der Waals surface area contributed by atoms with Crippen molar-refractivity contribution in [1.29, 1.82) is 0 Å². The van der Waals surface area contributed by atoms with Crippen molar-refractivity contribution in [3.63, 3.8) is 0 Å². The van der Waals surface area contributed by atoms with Gasteiger partial charge in [0.15, 0.2) is 0 Å². The molecule has 0 saturated heterocycles. The number of hydrogen-bond donors (Lipinski definition) is 1. The molecule has 0 radical (unpaired) electrons. The largest absolute Gasteiger partial charge is 0.456 e. The highest BCUT2D eigenvalue weighted by atomic mass is 35.5. The molecular formula is C16H10Cl2N4O6. The Hall–Kier alpha value is -3.37. The minimum Gasteiger partial charge on any atom is -0.456 e. The molecule has 1 aromatic heterocycles. The smallest absolute Gasteiger partial charge is 0.340 e. The van der Waals surface area contributed by atoms with Crippen LogP contribution in [-0.2, 0) is 7.05 Å². The number of ether oxygens (including phenoxy) is 1. The topological polar surface area (TPSA) is 129 Å². The summed E-state index contributed by atoms with van der Waals surface area (Å²) in [6.07, 6.45) is 0. The average Bonchev–Trinajstić information content (AvgIpc) is 2.62. The van der Waals surface area contributed by atoms with Crippen molar-refractivity contribution in [1.82, 2.24) is 14.1 Å². The Balaban J connectivity index is 2.21. The molecule has 2 aromatic carbocycles. The van der Waals surface area contributed by atoms with E-state index in [4.69, 9.17) is 27.9 Å². The molecule has 0 aliphatic carbocycles. The van der Waals surface area contributed by atoms with Crippen LogP contribution in [0.1, 0.15) is 0 Å². The van der Waals surface area contributed by atoms with Crippen LogP contribution in [0.25, 0.3) is 5.69 Å². The van der Waals surface area contributed by atoms with E-state index < -0.39 is 27.7 Å². The van der Waals surface area contributed by atoms with Gasteiger partial charge in [-0.15, -0.1) is 0 Å². The molecule has 12 heteroatoms. The van der Waals surface area contributed by atoms with Gasteiger partial charge in [-0.2, -0.15) is 0 Å². The second-order valence-corrected chi connectivity index (χ2v) is 6.34. The van der Waals surface area contributed by atoms with E-state index in [1.165, 1.54) is 24.3 Å². The fourth-order valence-corrected chi connectivity index (χ4v) is 2.80. The molecule has 0 amide bonds. The van der Waals surface area contributed by atoms with Crippen molar-refractivity contribution >= 4 is 28.9 Å². The number of H-pyrrole nitrogens is 1. The molecule has 144 valence electrons. The highest BCUT2D eigenvalue weighted by molar-refractivity contribution is 6.35. The van der Waals surface area contributed by atoms with Crippen molar-refractivity contribution in [3.8, 4) is 17.2 Å². The van der Waals surface area contributed by atoms with Gasteiger partial charge < -0.3 is 4.74 Å². The molecule has 0 saturated carbocycles. The minimum atomic E-state index is -1.13. The predicted octanol–water partition coefficient (Wildman–Crippen LogP) is 2.23. The maximum absolute atomic E-state index is 12.4. The first-order valence-electron chi connectivity index (χ1n) is 7.53. The maximum Gasteiger partial charge on any atom is 0.340 e. The van der Waals surface area contributed by atoms with Gasteiger partial charge in [0, 0.05) is 24.2 Å². The highest BCUT2D eigenvalue weighted by Gasteiger charge is 2.21. The number of nitrogens with zero attached hydrogens (tertiary/aromatic N) is 3. The molecule has 0 fully saturated rings. The molecule has 3 rings (SSSR count). The number of nitro groups is 1. The molecule has 0 spiro atoms. The lowest BCUT2D eigenvalue weighted by Crippen LogP contribution is -2.47. The van der Waals surface area contributed by atoms with Crippen LogP contribution >= 0.6 is 23.2 Å². The fourth-order valence-electron chi connectivity index (χ4n) is 2.35. The summed E-state index contributed by atoms with van der Waals surface area (Å²) in [4.78, 5) is 48.5. The van der Waals surface area contributed by atoms with Crippen LogP contribution in [0.5, 0.6) is 11.5 Å². The van der Waals surface area contributed by atoms with E-state index >= 15 is 0 Å². The molecule has 1 heterocycles. The number of nitro benzene ring substituents is 1. The van der Waals surface area contributed by atoms with Crippen molar-refractivity contribution < 1.29 is 9.66 Å². The molecule has 0 atom stereocenters. The Morgan fingerprint density at radius 2 is 1.79 bits per heavy atom. The summed E-state index contributed by atoms with van der Waals surface area (Å²) in [5.41, 5.74) is -4.05. The van der Waals surface area contributed by atoms with Gasteiger partial charge in [0.2, 0.25) is 0 Å². The number of halogens is 2. The molecule has 0 aliphatic heterocycles. The Morgan fingerprint density at radius 1 is 1.07 bits per heavy atom. The molecule has 28 heavy (non-hydrogen) atoms. The van der Waals surface area contributed by atoms with Crippen LogP contribution in [0.3, 0.4) is 0 Å². The molecule has 0 aliphatic rings. The van der Waals surface area contributed by atoms with Gasteiger partial charge in [-0.05, 0) is 24.3 Å². The highest BCUT2D eigenvalue weighted by Crippen LogP contribution is 2.34. The Bertz CT molecular complexity index is 1280. The van der Waals surface area contributed by atoms with Crippen LogP contribution in [-0.4, -0.2) is 19.0 Å². The van der Waals surface area contributed by atoms with Gasteiger partial charge in [0.1, 0.15) is 17.2 Å². The SMILES string of the molecule is Cn1c(=O)[nH]c(=O)n(-c2cc(Oc3ccc(Cl)cc3Cl)ccc2[N+](=O)[O-])c1=O. The number of benzene rings is 2. The summed E-state index contributed by atoms with van der Waals surface area (Å²) >= 11 is 11.9. The summed E-state index contributed by atoms with van der Waals surface area (Å²) in [6.45, 7) is 0. The van der Waals surface area contributed by atoms with Gasteiger partial charge in [-0.25, -0.2) is 23.5 Å². The molecule has 3 aromatic rings. The second-order valence-electron chi connectivity index (χ2n) is 5.50. The zero-order valence-corrected chi connectivity index (χ0v) is 15.5. The summed E-state index contributed by atoms with van der Waals surface area (Å²) in [5, 5.41) is 11.9. The van der Waals surface area contributed by atoms with E-state index in [0.717, 1.165) is 19.2 Å². The Kier molecular flexibility index (Phi) is 5.08. The second kappa shape index (κ2) is 7.33. The van der Waals surface area contributed by atoms with Crippen LogP contribution in [0.15, 0.2) is 50.8 Å². The molecular weight excluding hydrogens is 415 g/mol. The number of hydrogen-bond acceptors (Lipinski definition) is 6.